The SMILES string of the molecule is CC(C)n1nc(Cc2c(Cl)cc(-n3nc(C=O)c(=O)[nH]c3=O)cc2Cl)oc1=O. The fourth-order valence-corrected chi connectivity index (χ4v) is 3.03. The lowest BCUT2D eigenvalue weighted by Gasteiger charge is -2.10. The highest BCUT2D eigenvalue weighted by Crippen LogP contribution is 2.29. The van der Waals surface area contributed by atoms with Crippen LogP contribution in [0.3, 0.4) is 0 Å². The minimum Gasteiger partial charge on any atom is -0.392 e. The Labute approximate surface area is 166 Å². The number of aromatic nitrogens is 5. The Bertz CT molecular complexity index is 1210. The summed E-state index contributed by atoms with van der Waals surface area (Å²) in [6.45, 7) is 3.57. The summed E-state index contributed by atoms with van der Waals surface area (Å²) in [7, 11) is 0. The van der Waals surface area contributed by atoms with Gasteiger partial charge in [0.1, 0.15) is 0 Å². The van der Waals surface area contributed by atoms with Gasteiger partial charge in [-0.3, -0.25) is 14.6 Å². The Balaban J connectivity index is 2.04. The Hall–Kier alpha value is -2.98. The molecule has 10 nitrogen and oxygen atoms in total. The Kier molecular flexibility index (Phi) is 5.34. The van der Waals surface area contributed by atoms with Gasteiger partial charge in [0.05, 0.1) is 18.2 Å². The van der Waals surface area contributed by atoms with Crippen LogP contribution in [0.1, 0.15) is 41.8 Å². The molecule has 0 unspecified atom stereocenters. The van der Waals surface area contributed by atoms with Crippen LogP contribution in [-0.2, 0) is 6.42 Å². The van der Waals surface area contributed by atoms with Gasteiger partial charge >= 0.3 is 11.4 Å². The molecule has 0 radical (unpaired) electrons. The predicted molar refractivity (Wildman–Crippen MR) is 99.8 cm³/mol. The zero-order valence-electron chi connectivity index (χ0n) is 14.6. The van der Waals surface area contributed by atoms with Crippen molar-refractivity contribution >= 4 is 29.5 Å². The molecule has 12 heteroatoms. The molecule has 0 saturated carbocycles. The van der Waals surface area contributed by atoms with Crippen LogP contribution in [0.15, 0.2) is 30.9 Å². The van der Waals surface area contributed by atoms with Gasteiger partial charge < -0.3 is 4.42 Å². The quantitative estimate of drug-likeness (QED) is 0.609. The second-order valence-electron chi connectivity index (χ2n) is 6.04. The van der Waals surface area contributed by atoms with E-state index in [-0.39, 0.29) is 40.4 Å². The number of aldehydes is 1. The number of carbonyl (C=O) groups excluding carboxylic acids is 1. The Morgan fingerprint density at radius 2 is 1.82 bits per heavy atom. The first kappa shape index (κ1) is 19.8. The third kappa shape index (κ3) is 3.69. The molecule has 0 amide bonds. The van der Waals surface area contributed by atoms with E-state index >= 15 is 0 Å². The molecule has 0 spiro atoms. The van der Waals surface area contributed by atoms with Crippen LogP contribution < -0.4 is 17.0 Å². The van der Waals surface area contributed by atoms with Crippen molar-refractivity contribution in [1.82, 2.24) is 24.5 Å². The molecular formula is C16H13Cl2N5O5. The molecule has 2 heterocycles. The molecule has 0 bridgehead atoms. The van der Waals surface area contributed by atoms with E-state index in [1.807, 2.05) is 4.98 Å². The minimum atomic E-state index is -0.902. The van der Waals surface area contributed by atoms with E-state index in [9.17, 15) is 19.2 Å². The standard InChI is InChI=1S/C16H13Cl2N5O5/c1-7(2)22-16(27)28-13(21-22)5-9-10(17)3-8(4-11(9)18)23-15(26)19-14(25)12(6-24)20-23/h3-4,6-7H,5H2,1-2H3,(H,19,25,26). The number of hydrogen-bond donors (Lipinski definition) is 1. The summed E-state index contributed by atoms with van der Waals surface area (Å²) in [4.78, 5) is 48.1. The van der Waals surface area contributed by atoms with E-state index in [1.54, 1.807) is 13.8 Å². The molecule has 3 aromatic rings. The molecule has 1 N–H and O–H groups in total. The lowest BCUT2D eigenvalue weighted by molar-refractivity contribution is 0.111. The van der Waals surface area contributed by atoms with Gasteiger partial charge in [-0.15, -0.1) is 5.10 Å². The summed E-state index contributed by atoms with van der Waals surface area (Å²) in [5.74, 6) is -0.475. The molecule has 1 aromatic carbocycles. The summed E-state index contributed by atoms with van der Waals surface area (Å²) >= 11 is 12.6. The highest BCUT2D eigenvalue weighted by molar-refractivity contribution is 6.36. The molecule has 3 rings (SSSR count). The third-order valence-corrected chi connectivity index (χ3v) is 4.44. The van der Waals surface area contributed by atoms with Crippen molar-refractivity contribution < 1.29 is 9.21 Å². The van der Waals surface area contributed by atoms with E-state index in [2.05, 4.69) is 10.2 Å². The lowest BCUT2D eigenvalue weighted by Crippen LogP contribution is -2.33. The third-order valence-electron chi connectivity index (χ3n) is 3.76. The summed E-state index contributed by atoms with van der Waals surface area (Å²) < 4.78 is 7.08. The highest BCUT2D eigenvalue weighted by Gasteiger charge is 2.17. The topological polar surface area (TPSA) is 133 Å². The molecule has 0 aliphatic carbocycles. The van der Waals surface area contributed by atoms with Gasteiger partial charge in [-0.1, -0.05) is 23.2 Å². The van der Waals surface area contributed by atoms with Crippen LogP contribution >= 0.6 is 23.2 Å². The second kappa shape index (κ2) is 7.56. The maximum Gasteiger partial charge on any atom is 0.437 e. The van der Waals surface area contributed by atoms with Crippen LogP contribution in [0.4, 0.5) is 0 Å². The molecule has 0 aliphatic heterocycles. The zero-order chi connectivity index (χ0) is 20.6. The number of nitrogens with zero attached hydrogens (tertiary/aromatic N) is 4. The van der Waals surface area contributed by atoms with Gasteiger partial charge in [0, 0.05) is 10.0 Å². The number of rotatable bonds is 5. The van der Waals surface area contributed by atoms with Crippen molar-refractivity contribution in [3.05, 3.63) is 70.7 Å². The molecule has 0 aliphatic rings. The number of hydrogen-bond acceptors (Lipinski definition) is 7. The van der Waals surface area contributed by atoms with Crippen LogP contribution in [0.5, 0.6) is 0 Å². The smallest absolute Gasteiger partial charge is 0.392 e. The van der Waals surface area contributed by atoms with Gasteiger partial charge in [-0.25, -0.2) is 9.59 Å². The normalized spacial score (nSPS) is 11.2. The van der Waals surface area contributed by atoms with Crippen LogP contribution in [0, 0.1) is 0 Å². The molecule has 2 aromatic heterocycles. The van der Waals surface area contributed by atoms with Crippen molar-refractivity contribution in [2.45, 2.75) is 26.3 Å². The molecule has 0 atom stereocenters. The number of H-pyrrole nitrogens is 1. The number of halogens is 2. The lowest BCUT2D eigenvalue weighted by atomic mass is 10.1. The van der Waals surface area contributed by atoms with E-state index in [4.69, 9.17) is 27.6 Å². The van der Waals surface area contributed by atoms with Gasteiger partial charge in [-0.05, 0) is 31.5 Å². The predicted octanol–water partition coefficient (Wildman–Crippen LogP) is 1.36. The minimum absolute atomic E-state index is 0.0421. The fourth-order valence-electron chi connectivity index (χ4n) is 2.42. The van der Waals surface area contributed by atoms with Crippen molar-refractivity contribution in [2.75, 3.05) is 0 Å². The number of benzene rings is 1. The summed E-state index contributed by atoms with van der Waals surface area (Å²) in [6.07, 6.45) is 0.264. The number of aromatic amines is 1. The van der Waals surface area contributed by atoms with Crippen molar-refractivity contribution in [2.24, 2.45) is 0 Å². The van der Waals surface area contributed by atoms with E-state index in [0.29, 0.717) is 5.56 Å². The van der Waals surface area contributed by atoms with Crippen molar-refractivity contribution in [3.8, 4) is 5.69 Å². The van der Waals surface area contributed by atoms with E-state index < -0.39 is 22.7 Å². The maximum atomic E-state index is 12.0. The molecule has 146 valence electrons. The van der Waals surface area contributed by atoms with Gasteiger partial charge in [0.25, 0.3) is 5.56 Å². The maximum absolute atomic E-state index is 12.0. The van der Waals surface area contributed by atoms with E-state index in [0.717, 1.165) is 4.68 Å². The highest BCUT2D eigenvalue weighted by atomic mass is 35.5. The summed E-state index contributed by atoms with van der Waals surface area (Å²) in [5, 5.41) is 8.08. The molecular weight excluding hydrogens is 413 g/mol. The first-order chi connectivity index (χ1) is 13.2. The zero-order valence-corrected chi connectivity index (χ0v) is 16.1. The number of carbonyl (C=O) groups is 1. The molecule has 0 fully saturated rings. The largest absolute Gasteiger partial charge is 0.437 e. The van der Waals surface area contributed by atoms with Crippen LogP contribution in [-0.4, -0.2) is 30.8 Å². The Morgan fingerprint density at radius 3 is 2.36 bits per heavy atom. The first-order valence-electron chi connectivity index (χ1n) is 7.97. The molecule has 28 heavy (non-hydrogen) atoms. The van der Waals surface area contributed by atoms with Gasteiger partial charge in [0.2, 0.25) is 5.89 Å². The summed E-state index contributed by atoms with van der Waals surface area (Å²) in [6, 6.07) is 2.58. The fraction of sp³-hybridized carbons (Fsp3) is 0.250. The van der Waals surface area contributed by atoms with Gasteiger partial charge in [0.15, 0.2) is 12.0 Å². The Morgan fingerprint density at radius 1 is 1.18 bits per heavy atom. The van der Waals surface area contributed by atoms with Crippen LogP contribution in [0.25, 0.3) is 5.69 Å². The second-order valence-corrected chi connectivity index (χ2v) is 6.85. The average Bonchev–Trinajstić information content (AvgIpc) is 2.99. The van der Waals surface area contributed by atoms with Crippen molar-refractivity contribution in [1.29, 1.82) is 0 Å². The van der Waals surface area contributed by atoms with E-state index in [1.165, 1.54) is 16.8 Å². The molecule has 0 saturated heterocycles. The summed E-state index contributed by atoms with van der Waals surface area (Å²) in [5.41, 5.74) is -1.69. The monoisotopic (exact) mass is 425 g/mol. The first-order valence-corrected chi connectivity index (χ1v) is 8.72. The number of nitrogens with one attached hydrogen (secondary N) is 1. The van der Waals surface area contributed by atoms with Crippen molar-refractivity contribution in [3.63, 3.8) is 0 Å². The average molecular weight is 426 g/mol. The van der Waals surface area contributed by atoms with Gasteiger partial charge in [-0.2, -0.15) is 14.5 Å². The van der Waals surface area contributed by atoms with Crippen LogP contribution in [0.2, 0.25) is 10.0 Å².